The summed E-state index contributed by atoms with van der Waals surface area (Å²) in [4.78, 5) is 54.0. The second kappa shape index (κ2) is 8.49. The lowest BCUT2D eigenvalue weighted by molar-refractivity contribution is -0.143. The molecule has 1 spiro atoms. The summed E-state index contributed by atoms with van der Waals surface area (Å²) < 4.78 is 5.41. The molecule has 2 fully saturated rings. The molecule has 4 atom stereocenters. The van der Waals surface area contributed by atoms with Crippen LogP contribution in [0.3, 0.4) is 0 Å². The molecule has 0 bridgehead atoms. The van der Waals surface area contributed by atoms with Gasteiger partial charge in [-0.15, -0.1) is 0 Å². The number of nitrogens with zero attached hydrogens (tertiary/aromatic N) is 1. The van der Waals surface area contributed by atoms with Gasteiger partial charge in [0.2, 0.25) is 23.6 Å². The van der Waals surface area contributed by atoms with E-state index in [2.05, 4.69) is 10.6 Å². The maximum Gasteiger partial charge on any atom is 0.250 e. The van der Waals surface area contributed by atoms with Gasteiger partial charge in [-0.2, -0.15) is 0 Å². The molecule has 2 aromatic rings. The van der Waals surface area contributed by atoms with Crippen molar-refractivity contribution in [1.29, 1.82) is 0 Å². The summed E-state index contributed by atoms with van der Waals surface area (Å²) in [6, 6.07) is 12.3. The number of rotatable bonds is 7. The molecule has 3 aliphatic heterocycles. The van der Waals surface area contributed by atoms with Gasteiger partial charge in [-0.1, -0.05) is 43.3 Å². The predicted octanol–water partition coefficient (Wildman–Crippen LogP) is 1.44. The first-order valence-corrected chi connectivity index (χ1v) is 11.8. The standard InChI is InChI=1S/C26H28N4O5/c1-3-14-8-6-9-16-22(14)28-25(34)26(16)21-20(17(29-26)11-12-19(27)31)23(32)30(24(21)33)13-15-7-4-5-10-18(15)35-2/h4-10,17,20-21,29H,3,11-13H2,1-2H3,(H2,27,31)(H,28,34)/t17-,20+,21-,26+/m0/s1. The monoisotopic (exact) mass is 476 g/mol. The molecule has 4 amide bonds. The molecule has 35 heavy (non-hydrogen) atoms. The Morgan fingerprint density at radius 3 is 2.54 bits per heavy atom. The Hall–Kier alpha value is -3.72. The molecule has 3 aliphatic rings. The number of primary amides is 1. The second-order valence-electron chi connectivity index (χ2n) is 9.29. The quantitative estimate of drug-likeness (QED) is 0.519. The van der Waals surface area contributed by atoms with Gasteiger partial charge in [0, 0.05) is 29.3 Å². The van der Waals surface area contributed by atoms with E-state index in [0.29, 0.717) is 29.0 Å². The van der Waals surface area contributed by atoms with Crippen molar-refractivity contribution in [1.82, 2.24) is 10.2 Å². The summed E-state index contributed by atoms with van der Waals surface area (Å²) in [6.45, 7) is 2.03. The van der Waals surface area contributed by atoms with Crippen LogP contribution in [-0.2, 0) is 37.7 Å². The molecule has 5 rings (SSSR count). The molecule has 4 N–H and O–H groups in total. The van der Waals surface area contributed by atoms with Crippen LogP contribution in [-0.4, -0.2) is 41.7 Å². The lowest BCUT2D eigenvalue weighted by atomic mass is 9.76. The van der Waals surface area contributed by atoms with E-state index >= 15 is 0 Å². The summed E-state index contributed by atoms with van der Waals surface area (Å²) in [5.41, 5.74) is 7.00. The molecule has 2 saturated heterocycles. The number of methoxy groups -OCH3 is 1. The van der Waals surface area contributed by atoms with Gasteiger partial charge >= 0.3 is 0 Å². The van der Waals surface area contributed by atoms with Crippen LogP contribution in [0, 0.1) is 11.8 Å². The molecule has 9 nitrogen and oxygen atoms in total. The number of carbonyl (C=O) groups excluding carboxylic acids is 4. The van der Waals surface area contributed by atoms with Gasteiger partial charge in [0.05, 0.1) is 25.5 Å². The lowest BCUT2D eigenvalue weighted by Crippen LogP contribution is -2.53. The Balaban J connectivity index is 1.60. The van der Waals surface area contributed by atoms with Gasteiger partial charge < -0.3 is 15.8 Å². The van der Waals surface area contributed by atoms with Gasteiger partial charge in [0.15, 0.2) is 0 Å². The number of para-hydroxylation sites is 2. The third kappa shape index (κ3) is 3.33. The summed E-state index contributed by atoms with van der Waals surface area (Å²) in [6.07, 6.45) is 0.982. The smallest absolute Gasteiger partial charge is 0.250 e. The number of aryl methyl sites for hydroxylation is 1. The molecule has 182 valence electrons. The number of anilines is 1. The zero-order chi connectivity index (χ0) is 24.9. The van der Waals surface area contributed by atoms with Crippen molar-refractivity contribution in [3.8, 4) is 5.75 Å². The van der Waals surface area contributed by atoms with Crippen LogP contribution in [0.5, 0.6) is 5.75 Å². The van der Waals surface area contributed by atoms with Crippen LogP contribution in [0.15, 0.2) is 42.5 Å². The normalized spacial score (nSPS) is 26.7. The Bertz CT molecular complexity index is 1240. The van der Waals surface area contributed by atoms with E-state index < -0.39 is 35.2 Å². The number of amides is 4. The molecule has 0 aromatic heterocycles. The number of likely N-dealkylation sites (tertiary alicyclic amines) is 1. The third-order valence-electron chi connectivity index (χ3n) is 7.53. The van der Waals surface area contributed by atoms with Crippen molar-refractivity contribution >= 4 is 29.3 Å². The first kappa shape index (κ1) is 23.0. The number of fused-ring (bicyclic) bond motifs is 4. The summed E-state index contributed by atoms with van der Waals surface area (Å²) in [5, 5.41) is 6.31. The number of nitrogens with one attached hydrogen (secondary N) is 2. The minimum Gasteiger partial charge on any atom is -0.496 e. The van der Waals surface area contributed by atoms with Crippen LogP contribution in [0.25, 0.3) is 0 Å². The van der Waals surface area contributed by atoms with Crippen molar-refractivity contribution in [3.63, 3.8) is 0 Å². The van der Waals surface area contributed by atoms with Crippen LogP contribution < -0.4 is 21.1 Å². The lowest BCUT2D eigenvalue weighted by Gasteiger charge is -2.29. The molecule has 0 unspecified atom stereocenters. The maximum absolute atomic E-state index is 13.9. The van der Waals surface area contributed by atoms with Gasteiger partial charge in [0.1, 0.15) is 11.3 Å². The zero-order valence-electron chi connectivity index (χ0n) is 19.7. The van der Waals surface area contributed by atoms with E-state index in [0.717, 1.165) is 5.56 Å². The highest BCUT2D eigenvalue weighted by Gasteiger charge is 2.70. The highest BCUT2D eigenvalue weighted by atomic mass is 16.5. The molecule has 2 aromatic carbocycles. The van der Waals surface area contributed by atoms with Crippen molar-refractivity contribution < 1.29 is 23.9 Å². The average molecular weight is 477 g/mol. The van der Waals surface area contributed by atoms with Gasteiger partial charge in [-0.3, -0.25) is 29.4 Å². The van der Waals surface area contributed by atoms with Crippen molar-refractivity contribution in [2.75, 3.05) is 12.4 Å². The Labute approximate surface area is 203 Å². The van der Waals surface area contributed by atoms with E-state index in [4.69, 9.17) is 10.5 Å². The van der Waals surface area contributed by atoms with Crippen molar-refractivity contribution in [2.24, 2.45) is 17.6 Å². The number of nitrogens with two attached hydrogens (primary N) is 1. The van der Waals surface area contributed by atoms with Crippen molar-refractivity contribution in [3.05, 3.63) is 59.2 Å². The first-order chi connectivity index (χ1) is 16.8. The van der Waals surface area contributed by atoms with E-state index in [-0.39, 0.29) is 31.2 Å². The van der Waals surface area contributed by atoms with E-state index in [1.165, 1.54) is 12.0 Å². The molecule has 9 heteroatoms. The molecular weight excluding hydrogens is 448 g/mol. The van der Waals surface area contributed by atoms with Gasteiger partial charge in [-0.05, 0) is 24.5 Å². The highest BCUT2D eigenvalue weighted by Crippen LogP contribution is 2.54. The fourth-order valence-corrected chi connectivity index (χ4v) is 5.95. The molecule has 0 saturated carbocycles. The SMILES string of the molecule is CCc1cccc2c1NC(=O)[C@@]21N[C@@H](CCC(N)=O)[C@H]2C(=O)N(Cc3ccccc3OC)C(=O)[C@H]21. The summed E-state index contributed by atoms with van der Waals surface area (Å²) >= 11 is 0. The number of hydrogen-bond donors (Lipinski definition) is 3. The minimum absolute atomic E-state index is 0.0361. The molecular formula is C26H28N4O5. The number of carbonyl (C=O) groups is 4. The van der Waals surface area contributed by atoms with E-state index in [9.17, 15) is 19.2 Å². The van der Waals surface area contributed by atoms with E-state index in [1.54, 1.807) is 12.1 Å². The number of benzene rings is 2. The first-order valence-electron chi connectivity index (χ1n) is 11.8. The van der Waals surface area contributed by atoms with Crippen LogP contribution >= 0.6 is 0 Å². The topological polar surface area (TPSA) is 131 Å². The minimum atomic E-state index is -1.39. The fourth-order valence-electron chi connectivity index (χ4n) is 5.95. The largest absolute Gasteiger partial charge is 0.496 e. The summed E-state index contributed by atoms with van der Waals surface area (Å²) in [5.74, 6) is -2.79. The number of ether oxygens (including phenoxy) is 1. The van der Waals surface area contributed by atoms with Crippen molar-refractivity contribution in [2.45, 2.75) is 44.3 Å². The Morgan fingerprint density at radius 2 is 1.83 bits per heavy atom. The van der Waals surface area contributed by atoms with Crippen LogP contribution in [0.1, 0.15) is 36.5 Å². The van der Waals surface area contributed by atoms with Crippen LogP contribution in [0.4, 0.5) is 5.69 Å². The third-order valence-corrected chi connectivity index (χ3v) is 7.53. The van der Waals surface area contributed by atoms with E-state index in [1.807, 2.05) is 37.3 Å². The number of imide groups is 1. The van der Waals surface area contributed by atoms with Crippen LogP contribution in [0.2, 0.25) is 0 Å². The second-order valence-corrected chi connectivity index (χ2v) is 9.29. The zero-order valence-corrected chi connectivity index (χ0v) is 19.7. The fraction of sp³-hybridized carbons (Fsp3) is 0.385. The summed E-state index contributed by atoms with van der Waals surface area (Å²) in [7, 11) is 1.53. The Morgan fingerprint density at radius 1 is 1.09 bits per heavy atom. The molecule has 0 aliphatic carbocycles. The predicted molar refractivity (Wildman–Crippen MR) is 127 cm³/mol. The van der Waals surface area contributed by atoms with Gasteiger partial charge in [-0.25, -0.2) is 0 Å². The molecule has 3 heterocycles. The molecule has 0 radical (unpaired) electrons. The average Bonchev–Trinajstić information content (AvgIpc) is 3.43. The van der Waals surface area contributed by atoms with Gasteiger partial charge in [0.25, 0.3) is 0 Å². The highest BCUT2D eigenvalue weighted by molar-refractivity contribution is 6.15. The maximum atomic E-state index is 13.9. The number of hydrogen-bond acceptors (Lipinski definition) is 6. The Kier molecular flexibility index (Phi) is 5.59.